The van der Waals surface area contributed by atoms with Crippen LogP contribution in [0.15, 0.2) is 63.3 Å². The van der Waals surface area contributed by atoms with E-state index < -0.39 is 11.8 Å². The fraction of sp³-hybridized carbons (Fsp3) is 0.333. The Morgan fingerprint density at radius 3 is 2.61 bits per heavy atom. The number of carbonyl (C=O) groups is 2. The summed E-state index contributed by atoms with van der Waals surface area (Å²) in [4.78, 5) is 35.7. The first-order valence-electron chi connectivity index (χ1n) is 10.1. The summed E-state index contributed by atoms with van der Waals surface area (Å²) in [6.07, 6.45) is 2.73. The molecule has 1 N–H and O–H groups in total. The van der Waals surface area contributed by atoms with Gasteiger partial charge in [-0.25, -0.2) is 4.98 Å². The van der Waals surface area contributed by atoms with Gasteiger partial charge >= 0.3 is 0 Å². The number of hydrogen-bond acceptors (Lipinski definition) is 4. The van der Waals surface area contributed by atoms with Crippen molar-refractivity contribution in [2.24, 2.45) is 16.3 Å². The average Bonchev–Trinajstić information content (AvgIpc) is 2.68. The lowest BCUT2D eigenvalue weighted by molar-refractivity contribution is -0.119. The Balaban J connectivity index is 1.81. The number of anilines is 1. The van der Waals surface area contributed by atoms with E-state index in [0.29, 0.717) is 35.0 Å². The zero-order valence-corrected chi connectivity index (χ0v) is 19.9. The number of Topliss-reactive ketones (excluding diaryl/α,β-unsaturated/α-hetero) is 1. The van der Waals surface area contributed by atoms with Gasteiger partial charge < -0.3 is 5.32 Å². The fourth-order valence-corrected chi connectivity index (χ4v) is 4.99. The second-order valence-electron chi connectivity index (χ2n) is 8.88. The second-order valence-corrected chi connectivity index (χ2v) is 10.2. The van der Waals surface area contributed by atoms with Crippen LogP contribution >= 0.6 is 27.5 Å². The van der Waals surface area contributed by atoms with Crippen LogP contribution in [0.25, 0.3) is 0 Å². The highest BCUT2D eigenvalue weighted by Gasteiger charge is 2.46. The van der Waals surface area contributed by atoms with Gasteiger partial charge in [0.1, 0.15) is 5.82 Å². The Labute approximate surface area is 195 Å². The monoisotopic (exact) mass is 499 g/mol. The van der Waals surface area contributed by atoms with E-state index >= 15 is 0 Å². The summed E-state index contributed by atoms with van der Waals surface area (Å²) in [5, 5.41) is 3.42. The molecule has 160 valence electrons. The van der Waals surface area contributed by atoms with Gasteiger partial charge in [0.25, 0.3) is 0 Å². The molecule has 1 amide bonds. The minimum Gasteiger partial charge on any atom is -0.310 e. The summed E-state index contributed by atoms with van der Waals surface area (Å²) in [5.74, 6) is -0.929. The van der Waals surface area contributed by atoms with Crippen molar-refractivity contribution in [3.05, 3.63) is 68.9 Å². The largest absolute Gasteiger partial charge is 0.310 e. The number of amides is 1. The predicted octanol–water partition coefficient (Wildman–Crippen LogP) is 5.95. The zero-order valence-electron chi connectivity index (χ0n) is 17.6. The van der Waals surface area contributed by atoms with E-state index in [4.69, 9.17) is 16.6 Å². The number of halogens is 2. The molecule has 2 atom stereocenters. The lowest BCUT2D eigenvalue weighted by Gasteiger charge is -2.39. The SMILES string of the molecule is CC1=NC2=C(C(=O)CC(C)(C)C2)[C@H](c2ccccc2Cl)C1C(=O)Nc1ccc(Br)cn1. The quantitative estimate of drug-likeness (QED) is 0.566. The van der Waals surface area contributed by atoms with Crippen molar-refractivity contribution in [2.45, 2.75) is 39.5 Å². The summed E-state index contributed by atoms with van der Waals surface area (Å²) in [6.45, 7) is 5.99. The van der Waals surface area contributed by atoms with Crippen LogP contribution in [0.3, 0.4) is 0 Å². The summed E-state index contributed by atoms with van der Waals surface area (Å²) in [6, 6.07) is 10.9. The van der Waals surface area contributed by atoms with Crippen LogP contribution in [0.5, 0.6) is 0 Å². The third kappa shape index (κ3) is 4.37. The van der Waals surface area contributed by atoms with Crippen LogP contribution in [0.4, 0.5) is 5.82 Å². The Kier molecular flexibility index (Phi) is 5.88. The molecule has 1 aromatic carbocycles. The summed E-state index contributed by atoms with van der Waals surface area (Å²) in [5.41, 5.74) is 2.66. The molecule has 0 fully saturated rings. The van der Waals surface area contributed by atoms with Crippen molar-refractivity contribution in [1.82, 2.24) is 4.98 Å². The molecule has 31 heavy (non-hydrogen) atoms. The number of ketones is 1. The van der Waals surface area contributed by atoms with Gasteiger partial charge in [-0.05, 0) is 58.5 Å². The molecule has 1 aliphatic carbocycles. The van der Waals surface area contributed by atoms with Gasteiger partial charge in [0.2, 0.25) is 5.91 Å². The van der Waals surface area contributed by atoms with E-state index in [1.165, 1.54) is 0 Å². The Bertz CT molecular complexity index is 1120. The maximum atomic E-state index is 13.4. The van der Waals surface area contributed by atoms with Crippen LogP contribution in [0, 0.1) is 11.3 Å². The van der Waals surface area contributed by atoms with E-state index in [-0.39, 0.29) is 17.1 Å². The number of allylic oxidation sites excluding steroid dienone is 2. The van der Waals surface area contributed by atoms with Gasteiger partial charge in [0, 0.05) is 45.0 Å². The van der Waals surface area contributed by atoms with Crippen molar-refractivity contribution < 1.29 is 9.59 Å². The summed E-state index contributed by atoms with van der Waals surface area (Å²) >= 11 is 9.91. The molecule has 7 heteroatoms. The molecular formula is C24H23BrClN3O2. The van der Waals surface area contributed by atoms with Gasteiger partial charge in [-0.15, -0.1) is 0 Å². The molecule has 2 aromatic rings. The minimum atomic E-state index is -0.658. The van der Waals surface area contributed by atoms with E-state index in [1.54, 1.807) is 18.3 Å². The normalized spacial score (nSPS) is 22.6. The van der Waals surface area contributed by atoms with Crippen LogP contribution in [0.1, 0.15) is 45.1 Å². The van der Waals surface area contributed by atoms with E-state index in [2.05, 4.69) is 40.1 Å². The van der Waals surface area contributed by atoms with Crippen LogP contribution in [-0.2, 0) is 9.59 Å². The molecule has 1 aromatic heterocycles. The fourth-order valence-electron chi connectivity index (χ4n) is 4.50. The average molecular weight is 501 g/mol. The topological polar surface area (TPSA) is 71.4 Å². The molecule has 2 heterocycles. The molecule has 0 saturated carbocycles. The van der Waals surface area contributed by atoms with Crippen LogP contribution in [0.2, 0.25) is 5.02 Å². The molecule has 4 rings (SSSR count). The molecule has 0 saturated heterocycles. The number of carbonyl (C=O) groups excluding carboxylic acids is 2. The maximum Gasteiger partial charge on any atom is 0.235 e. The van der Waals surface area contributed by atoms with Crippen molar-refractivity contribution in [3.63, 3.8) is 0 Å². The zero-order chi connectivity index (χ0) is 22.3. The molecule has 1 aliphatic heterocycles. The summed E-state index contributed by atoms with van der Waals surface area (Å²) in [7, 11) is 0. The van der Waals surface area contributed by atoms with Gasteiger partial charge in [0.15, 0.2) is 5.78 Å². The maximum absolute atomic E-state index is 13.4. The van der Waals surface area contributed by atoms with Crippen molar-refractivity contribution in [2.75, 3.05) is 5.32 Å². The molecular weight excluding hydrogens is 478 g/mol. The number of benzene rings is 1. The van der Waals surface area contributed by atoms with Gasteiger partial charge in [0.05, 0.1) is 5.92 Å². The highest BCUT2D eigenvalue weighted by molar-refractivity contribution is 9.10. The lowest BCUT2D eigenvalue weighted by atomic mass is 9.66. The first-order chi connectivity index (χ1) is 14.7. The number of rotatable bonds is 3. The van der Waals surface area contributed by atoms with Gasteiger partial charge in [-0.3, -0.25) is 14.6 Å². The molecule has 0 bridgehead atoms. The van der Waals surface area contributed by atoms with E-state index in [1.807, 2.05) is 31.2 Å². The predicted molar refractivity (Wildman–Crippen MR) is 126 cm³/mol. The van der Waals surface area contributed by atoms with E-state index in [9.17, 15) is 9.59 Å². The van der Waals surface area contributed by atoms with Crippen molar-refractivity contribution in [1.29, 1.82) is 0 Å². The first-order valence-corrected chi connectivity index (χ1v) is 11.3. The van der Waals surface area contributed by atoms with Crippen LogP contribution in [-0.4, -0.2) is 22.4 Å². The molecule has 1 unspecified atom stereocenters. The summed E-state index contributed by atoms with van der Waals surface area (Å²) < 4.78 is 0.820. The molecule has 5 nitrogen and oxygen atoms in total. The van der Waals surface area contributed by atoms with Gasteiger partial charge in [-0.2, -0.15) is 0 Å². The Morgan fingerprint density at radius 1 is 1.19 bits per heavy atom. The number of pyridine rings is 1. The number of aromatic nitrogens is 1. The van der Waals surface area contributed by atoms with E-state index in [0.717, 1.165) is 15.7 Å². The van der Waals surface area contributed by atoms with Crippen LogP contribution < -0.4 is 5.32 Å². The second kappa shape index (κ2) is 8.32. The third-order valence-corrected chi connectivity index (χ3v) is 6.62. The lowest BCUT2D eigenvalue weighted by Crippen LogP contribution is -2.41. The number of nitrogens with one attached hydrogen (secondary N) is 1. The smallest absolute Gasteiger partial charge is 0.235 e. The molecule has 2 aliphatic rings. The highest BCUT2D eigenvalue weighted by Crippen LogP contribution is 2.49. The van der Waals surface area contributed by atoms with Crippen molar-refractivity contribution >= 4 is 50.8 Å². The highest BCUT2D eigenvalue weighted by atomic mass is 79.9. The number of aliphatic imine (C=N–C) groups is 1. The minimum absolute atomic E-state index is 0.0342. The molecule has 0 radical (unpaired) electrons. The number of hydrogen-bond donors (Lipinski definition) is 1. The third-order valence-electron chi connectivity index (χ3n) is 5.80. The molecule has 0 spiro atoms. The van der Waals surface area contributed by atoms with Crippen molar-refractivity contribution in [3.8, 4) is 0 Å². The first kappa shape index (κ1) is 21.9. The standard InChI is InChI=1S/C24H23BrClN3O2/c1-13-20(23(31)29-19-9-8-14(25)12-27-19)21(15-6-4-5-7-16(15)26)22-17(28-13)10-24(2,3)11-18(22)30/h4-9,12,20-21H,10-11H2,1-3H3,(H,27,29,31)/t20?,21-/m1/s1. The Morgan fingerprint density at radius 2 is 1.94 bits per heavy atom. The van der Waals surface area contributed by atoms with Gasteiger partial charge in [-0.1, -0.05) is 43.6 Å². The Hall–Kier alpha value is -2.31. The number of nitrogens with zero attached hydrogens (tertiary/aromatic N) is 2.